The van der Waals surface area contributed by atoms with Gasteiger partial charge in [-0.2, -0.15) is 0 Å². The van der Waals surface area contributed by atoms with Crippen molar-refractivity contribution in [1.82, 2.24) is 0 Å². The minimum atomic E-state index is -1.13. The van der Waals surface area contributed by atoms with E-state index in [1.54, 1.807) is 19.1 Å². The molecule has 1 aromatic carbocycles. The van der Waals surface area contributed by atoms with Crippen LogP contribution in [0.3, 0.4) is 0 Å². The molecule has 0 bridgehead atoms. The van der Waals surface area contributed by atoms with Crippen LogP contribution in [0.5, 0.6) is 0 Å². The van der Waals surface area contributed by atoms with Crippen molar-refractivity contribution in [3.63, 3.8) is 0 Å². The molecule has 1 aromatic rings. The van der Waals surface area contributed by atoms with Crippen LogP contribution in [0.4, 0.5) is 0 Å². The van der Waals surface area contributed by atoms with Crippen LogP contribution in [-0.2, 0) is 10.8 Å². The second kappa shape index (κ2) is 5.25. The lowest BCUT2D eigenvalue weighted by molar-refractivity contribution is 0.0696. The van der Waals surface area contributed by atoms with E-state index in [0.717, 1.165) is 6.42 Å². The van der Waals surface area contributed by atoms with Crippen molar-refractivity contribution in [2.24, 2.45) is 0 Å². The molecule has 0 radical (unpaired) electrons. The fourth-order valence-corrected chi connectivity index (χ4v) is 2.54. The molecule has 0 heterocycles. The number of hydrogen-bond acceptors (Lipinski definition) is 2. The Labute approximate surface area is 98.0 Å². The van der Waals surface area contributed by atoms with Crippen LogP contribution in [0.1, 0.15) is 36.2 Å². The molecule has 0 amide bonds. The Bertz CT molecular complexity index is 426. The van der Waals surface area contributed by atoms with Crippen LogP contribution in [-0.4, -0.2) is 20.5 Å². The third-order valence-electron chi connectivity index (χ3n) is 2.61. The summed E-state index contributed by atoms with van der Waals surface area (Å²) in [5, 5.41) is 9.01. The van der Waals surface area contributed by atoms with Crippen molar-refractivity contribution < 1.29 is 14.1 Å². The highest BCUT2D eigenvalue weighted by Gasteiger charge is 2.14. The summed E-state index contributed by atoms with van der Waals surface area (Å²) in [7, 11) is -1.13. The number of carbonyl (C=O) groups is 1. The van der Waals surface area contributed by atoms with E-state index in [1.165, 1.54) is 6.07 Å². The van der Waals surface area contributed by atoms with Gasteiger partial charge in [-0.05, 0) is 31.0 Å². The molecule has 0 aliphatic heterocycles. The van der Waals surface area contributed by atoms with Crippen LogP contribution in [0.2, 0.25) is 0 Å². The monoisotopic (exact) mass is 240 g/mol. The van der Waals surface area contributed by atoms with Crippen LogP contribution < -0.4 is 0 Å². The van der Waals surface area contributed by atoms with Crippen LogP contribution in [0.15, 0.2) is 23.1 Å². The molecule has 16 heavy (non-hydrogen) atoms. The molecule has 1 N–H and O–H groups in total. The summed E-state index contributed by atoms with van der Waals surface area (Å²) in [6.45, 7) is 5.60. The van der Waals surface area contributed by atoms with E-state index in [4.69, 9.17) is 5.11 Å². The normalized spacial score (nSPS) is 14.4. The van der Waals surface area contributed by atoms with Crippen molar-refractivity contribution in [1.29, 1.82) is 0 Å². The van der Waals surface area contributed by atoms with E-state index >= 15 is 0 Å². The highest BCUT2D eigenvalue weighted by atomic mass is 32.2. The number of carboxylic acids is 1. The van der Waals surface area contributed by atoms with Crippen molar-refractivity contribution in [3.8, 4) is 0 Å². The van der Waals surface area contributed by atoms with Gasteiger partial charge in [0.05, 0.1) is 16.4 Å². The van der Waals surface area contributed by atoms with Gasteiger partial charge in [-0.1, -0.05) is 19.9 Å². The Morgan fingerprint density at radius 1 is 1.50 bits per heavy atom. The van der Waals surface area contributed by atoms with Crippen LogP contribution >= 0.6 is 0 Å². The lowest BCUT2D eigenvalue weighted by atomic mass is 10.1. The van der Waals surface area contributed by atoms with Gasteiger partial charge in [-0.3, -0.25) is 4.21 Å². The first kappa shape index (κ1) is 12.9. The molecule has 0 aliphatic carbocycles. The molecular formula is C12H16O3S. The molecule has 4 heteroatoms. The highest BCUT2D eigenvalue weighted by Crippen LogP contribution is 2.18. The second-order valence-corrected chi connectivity index (χ2v) is 5.67. The molecule has 2 unspecified atom stereocenters. The predicted molar refractivity (Wildman–Crippen MR) is 64.3 cm³/mol. The van der Waals surface area contributed by atoms with Gasteiger partial charge < -0.3 is 5.11 Å². The third-order valence-corrected chi connectivity index (χ3v) is 4.39. The second-order valence-electron chi connectivity index (χ2n) is 3.80. The van der Waals surface area contributed by atoms with Gasteiger partial charge >= 0.3 is 5.97 Å². The van der Waals surface area contributed by atoms with Crippen molar-refractivity contribution in [2.75, 3.05) is 0 Å². The number of rotatable bonds is 4. The predicted octanol–water partition coefficient (Wildman–Crippen LogP) is 2.60. The zero-order chi connectivity index (χ0) is 12.3. The number of benzene rings is 1. The summed E-state index contributed by atoms with van der Waals surface area (Å²) < 4.78 is 12.0. The fraction of sp³-hybridized carbons (Fsp3) is 0.417. The van der Waals surface area contributed by atoms with Gasteiger partial charge in [0.25, 0.3) is 0 Å². The standard InChI is InChI=1S/C12H16O3S/c1-4-9(3)16(15)10-6-5-8(2)11(7-10)12(13)14/h5-7,9H,4H2,1-3H3,(H,13,14). The largest absolute Gasteiger partial charge is 0.478 e. The van der Waals surface area contributed by atoms with Crippen LogP contribution in [0, 0.1) is 6.92 Å². The first-order chi connectivity index (χ1) is 7.47. The molecule has 0 spiro atoms. The van der Waals surface area contributed by atoms with Crippen molar-refractivity contribution in [3.05, 3.63) is 29.3 Å². The lowest BCUT2D eigenvalue weighted by Crippen LogP contribution is -2.10. The van der Waals surface area contributed by atoms with Gasteiger partial charge in [0.1, 0.15) is 0 Å². The average Bonchev–Trinajstić information content (AvgIpc) is 2.27. The topological polar surface area (TPSA) is 54.4 Å². The Hall–Kier alpha value is -1.16. The first-order valence-electron chi connectivity index (χ1n) is 5.21. The Balaban J connectivity index is 3.13. The van der Waals surface area contributed by atoms with Gasteiger partial charge in [0.15, 0.2) is 0 Å². The van der Waals surface area contributed by atoms with Gasteiger partial charge in [0.2, 0.25) is 0 Å². The van der Waals surface area contributed by atoms with Gasteiger partial charge in [-0.25, -0.2) is 4.79 Å². The molecule has 0 aromatic heterocycles. The molecule has 1 rings (SSSR count). The smallest absolute Gasteiger partial charge is 0.335 e. The number of hydrogen-bond donors (Lipinski definition) is 1. The van der Waals surface area contributed by atoms with Crippen molar-refractivity contribution >= 4 is 16.8 Å². The average molecular weight is 240 g/mol. The van der Waals surface area contributed by atoms with E-state index in [9.17, 15) is 9.00 Å². The summed E-state index contributed by atoms with van der Waals surface area (Å²) in [6, 6.07) is 4.96. The minimum Gasteiger partial charge on any atom is -0.478 e. The quantitative estimate of drug-likeness (QED) is 0.880. The summed E-state index contributed by atoms with van der Waals surface area (Å²) in [5.74, 6) is -0.972. The molecule has 0 aliphatic rings. The van der Waals surface area contributed by atoms with Crippen LogP contribution in [0.25, 0.3) is 0 Å². The summed E-state index contributed by atoms with van der Waals surface area (Å²) in [6.07, 6.45) is 0.808. The SMILES string of the molecule is CCC(C)S(=O)c1ccc(C)c(C(=O)O)c1. The zero-order valence-corrected chi connectivity index (χ0v) is 10.5. The number of aromatic carboxylic acids is 1. The molecular weight excluding hydrogens is 224 g/mol. The Morgan fingerprint density at radius 3 is 2.62 bits per heavy atom. The van der Waals surface area contributed by atoms with E-state index < -0.39 is 16.8 Å². The van der Waals surface area contributed by atoms with Crippen molar-refractivity contribution in [2.45, 2.75) is 37.3 Å². The molecule has 0 saturated heterocycles. The first-order valence-corrected chi connectivity index (χ1v) is 6.43. The Kier molecular flexibility index (Phi) is 4.24. The van der Waals surface area contributed by atoms with E-state index in [2.05, 4.69) is 0 Å². The highest BCUT2D eigenvalue weighted by molar-refractivity contribution is 7.85. The molecule has 3 nitrogen and oxygen atoms in total. The zero-order valence-electron chi connectivity index (χ0n) is 9.69. The van der Waals surface area contributed by atoms with Gasteiger partial charge in [-0.15, -0.1) is 0 Å². The number of aryl methyl sites for hydroxylation is 1. The maximum atomic E-state index is 12.0. The maximum Gasteiger partial charge on any atom is 0.335 e. The maximum absolute atomic E-state index is 12.0. The summed E-state index contributed by atoms with van der Waals surface area (Å²) in [5.41, 5.74) is 0.923. The minimum absolute atomic E-state index is 0.0457. The lowest BCUT2D eigenvalue weighted by Gasteiger charge is -2.10. The molecule has 2 atom stereocenters. The Morgan fingerprint density at radius 2 is 2.12 bits per heavy atom. The van der Waals surface area contributed by atoms with E-state index in [0.29, 0.717) is 10.5 Å². The van der Waals surface area contributed by atoms with Gasteiger partial charge in [0, 0.05) is 10.1 Å². The molecule has 0 saturated carbocycles. The summed E-state index contributed by atoms with van der Waals surface area (Å²) >= 11 is 0. The van der Waals surface area contributed by atoms with E-state index in [1.807, 2.05) is 13.8 Å². The molecule has 88 valence electrons. The number of carboxylic acid groups (broad SMARTS) is 1. The van der Waals surface area contributed by atoms with E-state index in [-0.39, 0.29) is 10.8 Å². The third kappa shape index (κ3) is 2.70. The fourth-order valence-electron chi connectivity index (χ4n) is 1.34. The summed E-state index contributed by atoms with van der Waals surface area (Å²) in [4.78, 5) is 11.5. The molecule has 0 fully saturated rings.